The van der Waals surface area contributed by atoms with Crippen molar-refractivity contribution in [3.8, 4) is 0 Å². The van der Waals surface area contributed by atoms with Crippen molar-refractivity contribution < 1.29 is 14.0 Å². The van der Waals surface area contributed by atoms with E-state index in [-0.39, 0.29) is 6.61 Å². The zero-order valence-electron chi connectivity index (χ0n) is 13.4. The minimum atomic E-state index is -2.89. The van der Waals surface area contributed by atoms with Crippen LogP contribution in [0.25, 0.3) is 0 Å². The van der Waals surface area contributed by atoms with Crippen LogP contribution in [0.5, 0.6) is 0 Å². The molecule has 0 saturated carbocycles. The Labute approximate surface area is 123 Å². The number of hydrogen-bond donors (Lipinski definition) is 1. The summed E-state index contributed by atoms with van der Waals surface area (Å²) in [5.74, 6) is 1.20. The van der Waals surface area contributed by atoms with Crippen LogP contribution in [0.15, 0.2) is 12.1 Å². The lowest BCUT2D eigenvalue weighted by Crippen LogP contribution is -2.07. The zero-order valence-corrected chi connectivity index (χ0v) is 14.4. The molecule has 1 atom stereocenters. The Hall–Kier alpha value is -0.630. The molecule has 1 N–H and O–H groups in total. The molecule has 1 rings (SSSR count). The van der Waals surface area contributed by atoms with Crippen molar-refractivity contribution in [2.45, 2.75) is 65.9 Å². The molecule has 1 aromatic rings. The van der Waals surface area contributed by atoms with Gasteiger partial charge in [0.25, 0.3) is 0 Å². The summed E-state index contributed by atoms with van der Waals surface area (Å²) in [6.45, 7) is 13.2. The van der Waals surface area contributed by atoms with E-state index in [9.17, 15) is 4.57 Å². The van der Waals surface area contributed by atoms with Gasteiger partial charge in [-0.2, -0.15) is 0 Å². The Morgan fingerprint density at radius 1 is 1.00 bits per heavy atom. The highest BCUT2D eigenvalue weighted by Gasteiger charge is 2.17. The van der Waals surface area contributed by atoms with Crippen molar-refractivity contribution in [1.82, 2.24) is 0 Å². The second kappa shape index (κ2) is 7.40. The van der Waals surface area contributed by atoms with Gasteiger partial charge in [-0.3, -0.25) is 4.57 Å². The second-order valence-electron chi connectivity index (χ2n) is 6.20. The summed E-state index contributed by atoms with van der Waals surface area (Å²) < 4.78 is 15.9. The highest BCUT2D eigenvalue weighted by Crippen LogP contribution is 2.34. The molecule has 0 aliphatic carbocycles. The van der Waals surface area contributed by atoms with Gasteiger partial charge in [-0.05, 0) is 40.0 Å². The van der Waals surface area contributed by atoms with Gasteiger partial charge >= 0.3 is 8.25 Å². The Bertz CT molecular complexity index is 450. The lowest BCUT2D eigenvalue weighted by atomic mass is 9.85. The Balaban J connectivity index is 3.38. The summed E-state index contributed by atoms with van der Waals surface area (Å²) >= 11 is 0. The third-order valence-electron chi connectivity index (χ3n) is 3.59. The molecule has 0 aliphatic heterocycles. The van der Waals surface area contributed by atoms with Crippen LogP contribution in [-0.4, -0.2) is 4.89 Å². The van der Waals surface area contributed by atoms with Gasteiger partial charge in [0.15, 0.2) is 0 Å². The molecule has 114 valence electrons. The lowest BCUT2D eigenvalue weighted by molar-refractivity contribution is 0.270. The molecule has 0 amide bonds. The summed E-state index contributed by atoms with van der Waals surface area (Å²) in [7, 11) is -2.89. The van der Waals surface area contributed by atoms with E-state index in [1.807, 2.05) is 0 Å². The molecule has 20 heavy (non-hydrogen) atoms. The largest absolute Gasteiger partial charge is 0.326 e. The van der Waals surface area contributed by atoms with E-state index in [0.717, 1.165) is 5.56 Å². The first kappa shape index (κ1) is 17.4. The van der Waals surface area contributed by atoms with E-state index in [1.54, 1.807) is 0 Å². The molecule has 0 heterocycles. The fourth-order valence-corrected chi connectivity index (χ4v) is 2.67. The van der Waals surface area contributed by atoms with Crippen molar-refractivity contribution >= 4 is 8.25 Å². The molecular formula is C16H27O3P. The Morgan fingerprint density at radius 2 is 1.45 bits per heavy atom. The summed E-state index contributed by atoms with van der Waals surface area (Å²) in [6.07, 6.45) is 0. The van der Waals surface area contributed by atoms with Crippen LogP contribution < -0.4 is 0 Å². The van der Waals surface area contributed by atoms with Crippen LogP contribution in [0.4, 0.5) is 0 Å². The Kier molecular flexibility index (Phi) is 6.44. The molecule has 1 aromatic carbocycles. The van der Waals surface area contributed by atoms with Crippen LogP contribution in [0.2, 0.25) is 0 Å². The fraction of sp³-hybridized carbons (Fsp3) is 0.625. The van der Waals surface area contributed by atoms with Crippen LogP contribution in [0, 0.1) is 0 Å². The maximum absolute atomic E-state index is 10.9. The molecule has 0 aromatic heterocycles. The zero-order chi connectivity index (χ0) is 15.4. The van der Waals surface area contributed by atoms with Crippen LogP contribution in [0.1, 0.15) is 81.5 Å². The smallest absolute Gasteiger partial charge is 0.316 e. The fourth-order valence-electron chi connectivity index (χ4n) is 2.41. The number of rotatable bonds is 6. The third-order valence-corrected chi connectivity index (χ3v) is 3.98. The van der Waals surface area contributed by atoms with E-state index >= 15 is 0 Å². The summed E-state index contributed by atoms with van der Waals surface area (Å²) in [4.78, 5) is 8.94. The predicted octanol–water partition coefficient (Wildman–Crippen LogP) is 4.96. The van der Waals surface area contributed by atoms with Gasteiger partial charge in [0.1, 0.15) is 0 Å². The topological polar surface area (TPSA) is 46.5 Å². The molecular weight excluding hydrogens is 271 g/mol. The number of benzene rings is 1. The van der Waals surface area contributed by atoms with Crippen molar-refractivity contribution in [2.24, 2.45) is 0 Å². The molecule has 0 bridgehead atoms. The minimum absolute atomic E-state index is 0.216. The molecule has 0 fully saturated rings. The normalized spacial score (nSPS) is 13.5. The van der Waals surface area contributed by atoms with E-state index in [2.05, 4.69) is 53.7 Å². The molecule has 0 spiro atoms. The van der Waals surface area contributed by atoms with Crippen LogP contribution in [0.3, 0.4) is 0 Å². The average molecular weight is 298 g/mol. The van der Waals surface area contributed by atoms with Gasteiger partial charge in [-0.1, -0.05) is 53.7 Å². The highest BCUT2D eigenvalue weighted by molar-refractivity contribution is 7.32. The molecule has 1 unspecified atom stereocenters. The van der Waals surface area contributed by atoms with Gasteiger partial charge in [0.2, 0.25) is 0 Å². The average Bonchev–Trinajstić information content (AvgIpc) is 2.34. The van der Waals surface area contributed by atoms with Gasteiger partial charge in [-0.25, -0.2) is 0 Å². The maximum Gasteiger partial charge on any atom is 0.316 e. The first-order valence-corrected chi connectivity index (χ1v) is 8.52. The summed E-state index contributed by atoms with van der Waals surface area (Å²) in [5, 5.41) is 0. The molecule has 3 nitrogen and oxygen atoms in total. The van der Waals surface area contributed by atoms with E-state index in [0.29, 0.717) is 17.8 Å². The predicted molar refractivity (Wildman–Crippen MR) is 84.7 cm³/mol. The van der Waals surface area contributed by atoms with Crippen molar-refractivity contribution in [2.75, 3.05) is 0 Å². The van der Waals surface area contributed by atoms with E-state index in [4.69, 9.17) is 9.42 Å². The lowest BCUT2D eigenvalue weighted by Gasteiger charge is -2.22. The minimum Gasteiger partial charge on any atom is -0.326 e. The molecule has 0 saturated heterocycles. The van der Waals surface area contributed by atoms with Gasteiger partial charge < -0.3 is 9.42 Å². The van der Waals surface area contributed by atoms with Gasteiger partial charge in [0, 0.05) is 0 Å². The van der Waals surface area contributed by atoms with E-state index in [1.165, 1.54) is 16.7 Å². The van der Waals surface area contributed by atoms with Crippen LogP contribution >= 0.6 is 8.25 Å². The van der Waals surface area contributed by atoms with Crippen molar-refractivity contribution in [3.63, 3.8) is 0 Å². The maximum atomic E-state index is 10.9. The molecule has 0 aliphatic rings. The molecule has 0 radical (unpaired) electrons. The Morgan fingerprint density at radius 3 is 1.75 bits per heavy atom. The summed E-state index contributed by atoms with van der Waals surface area (Å²) in [6, 6.07) is 4.43. The molecule has 4 heteroatoms. The first-order valence-electron chi connectivity index (χ1n) is 7.26. The van der Waals surface area contributed by atoms with Crippen molar-refractivity contribution in [3.05, 3.63) is 34.4 Å². The standard InChI is InChI=1S/C16H27O3P/c1-10(2)13-7-14(11(3)4)16(9-19-20(17)18)15(8-13)12(5)6/h7-8,10-12,20H,9H2,1-6H3,(H,17,18). The van der Waals surface area contributed by atoms with Gasteiger partial charge in [-0.15, -0.1) is 0 Å². The van der Waals surface area contributed by atoms with Crippen molar-refractivity contribution in [1.29, 1.82) is 0 Å². The SMILES string of the molecule is CC(C)c1cc(C(C)C)c(CO[PH](=O)O)c(C(C)C)c1. The van der Waals surface area contributed by atoms with Crippen LogP contribution in [-0.2, 0) is 15.7 Å². The quantitative estimate of drug-likeness (QED) is 0.755. The highest BCUT2D eigenvalue weighted by atomic mass is 31.1. The number of hydrogen-bond acceptors (Lipinski definition) is 2. The van der Waals surface area contributed by atoms with Gasteiger partial charge in [0.05, 0.1) is 6.61 Å². The third kappa shape index (κ3) is 4.44. The summed E-state index contributed by atoms with van der Waals surface area (Å²) in [5.41, 5.74) is 4.84. The monoisotopic (exact) mass is 298 g/mol. The first-order chi connectivity index (χ1) is 9.23. The van der Waals surface area contributed by atoms with E-state index < -0.39 is 8.25 Å². The second-order valence-corrected chi connectivity index (χ2v) is 7.02.